The Hall–Kier alpha value is -1.71. The van der Waals surface area contributed by atoms with Crippen molar-refractivity contribution < 1.29 is 13.9 Å². The zero-order valence-corrected chi connectivity index (χ0v) is 8.74. The van der Waals surface area contributed by atoms with Gasteiger partial charge in [-0.3, -0.25) is 0 Å². The van der Waals surface area contributed by atoms with Crippen LogP contribution in [0.4, 0.5) is 0 Å². The van der Waals surface area contributed by atoms with Crippen LogP contribution in [0.15, 0.2) is 22.8 Å². The van der Waals surface area contributed by atoms with Crippen LogP contribution < -0.4 is 0 Å². The van der Waals surface area contributed by atoms with Gasteiger partial charge in [0.05, 0.1) is 18.4 Å². The van der Waals surface area contributed by atoms with Gasteiger partial charge in [-0.1, -0.05) is 13.8 Å². The predicted molar refractivity (Wildman–Crippen MR) is 55.7 cm³/mol. The van der Waals surface area contributed by atoms with Crippen molar-refractivity contribution >= 4 is 17.1 Å². The van der Waals surface area contributed by atoms with E-state index in [1.54, 1.807) is 18.4 Å². The zero-order chi connectivity index (χ0) is 10.8. The third-order valence-electron chi connectivity index (χ3n) is 2.01. The summed E-state index contributed by atoms with van der Waals surface area (Å²) in [5.41, 5.74) is 1.92. The summed E-state index contributed by atoms with van der Waals surface area (Å²) in [6, 6.07) is 3.42. The van der Waals surface area contributed by atoms with Gasteiger partial charge in [-0.2, -0.15) is 0 Å². The van der Waals surface area contributed by atoms with Crippen LogP contribution in [0.25, 0.3) is 11.1 Å². The maximum atomic E-state index is 11.5. The second kappa shape index (κ2) is 3.81. The molecule has 0 amide bonds. The monoisotopic (exact) mass is 207 g/mol. The van der Waals surface area contributed by atoms with Gasteiger partial charge in [0.15, 0.2) is 5.58 Å². The Bertz CT molecular complexity index is 438. The minimum atomic E-state index is -0.338. The highest BCUT2D eigenvalue weighted by Crippen LogP contribution is 2.16. The summed E-state index contributed by atoms with van der Waals surface area (Å²) in [4.78, 5) is 14.5. The highest BCUT2D eigenvalue weighted by Gasteiger charge is 2.12. The molecule has 80 valence electrons. The molecule has 0 saturated heterocycles. The molecule has 0 aromatic carbocycles. The third kappa shape index (κ3) is 2.03. The Kier molecular flexibility index (Phi) is 2.49. The molecular weight excluding hydrogens is 194 g/mol. The molecule has 4 nitrogen and oxygen atoms in total. The van der Waals surface area contributed by atoms with Crippen LogP contribution in [-0.2, 0) is 4.74 Å². The van der Waals surface area contributed by atoms with Crippen LogP contribution in [0.2, 0.25) is 0 Å². The summed E-state index contributed by atoms with van der Waals surface area (Å²) in [5.74, 6) is 0.00186. The number of rotatable bonds is 3. The van der Waals surface area contributed by atoms with Crippen molar-refractivity contribution in [2.45, 2.75) is 13.8 Å². The van der Waals surface area contributed by atoms with Gasteiger partial charge in [0.1, 0.15) is 5.69 Å². The van der Waals surface area contributed by atoms with Gasteiger partial charge in [0.25, 0.3) is 0 Å². The molecule has 4 heteroatoms. The number of furan rings is 1. The highest BCUT2D eigenvalue weighted by atomic mass is 16.5. The molecule has 0 unspecified atom stereocenters. The lowest BCUT2D eigenvalue weighted by Crippen LogP contribution is -2.10. The van der Waals surface area contributed by atoms with Gasteiger partial charge in [0, 0.05) is 12.1 Å². The molecule has 0 atom stereocenters. The van der Waals surface area contributed by atoms with Gasteiger partial charge < -0.3 is 14.1 Å². The molecule has 1 N–H and O–H groups in total. The molecule has 15 heavy (non-hydrogen) atoms. The highest BCUT2D eigenvalue weighted by molar-refractivity contribution is 5.93. The quantitative estimate of drug-likeness (QED) is 0.787. The predicted octanol–water partition coefficient (Wildman–Crippen LogP) is 2.57. The fraction of sp³-hybridized carbons (Fsp3) is 0.364. The number of aromatic amines is 1. The molecule has 2 aromatic rings. The first-order chi connectivity index (χ1) is 7.16. The number of esters is 1. The molecule has 0 fully saturated rings. The molecule has 0 radical (unpaired) electrons. The van der Waals surface area contributed by atoms with Gasteiger partial charge in [-0.05, 0) is 5.92 Å². The molecular formula is C11H13NO3. The van der Waals surface area contributed by atoms with E-state index >= 15 is 0 Å². The number of ether oxygens (including phenoxy) is 1. The van der Waals surface area contributed by atoms with Crippen LogP contribution in [0, 0.1) is 5.92 Å². The number of fused-ring (bicyclic) bond motifs is 1. The van der Waals surface area contributed by atoms with E-state index in [9.17, 15) is 4.79 Å². The first-order valence-corrected chi connectivity index (χ1v) is 4.90. The van der Waals surface area contributed by atoms with Crippen LogP contribution in [0.1, 0.15) is 24.3 Å². The molecule has 0 aliphatic heterocycles. The Balaban J connectivity index is 2.10. The van der Waals surface area contributed by atoms with Crippen LogP contribution in [0.5, 0.6) is 0 Å². The van der Waals surface area contributed by atoms with E-state index in [1.165, 1.54) is 0 Å². The SMILES string of the molecule is CC(C)COC(=O)c1cc2occc2[nH]1. The smallest absolute Gasteiger partial charge is 0.354 e. The van der Waals surface area contributed by atoms with Gasteiger partial charge in [0.2, 0.25) is 0 Å². The minimum absolute atomic E-state index is 0.338. The average molecular weight is 207 g/mol. The lowest BCUT2D eigenvalue weighted by atomic mass is 10.2. The molecule has 2 rings (SSSR count). The number of nitrogens with one attached hydrogen (secondary N) is 1. The second-order valence-electron chi connectivity index (χ2n) is 3.87. The minimum Gasteiger partial charge on any atom is -0.463 e. The van der Waals surface area contributed by atoms with E-state index in [1.807, 2.05) is 13.8 Å². The normalized spacial score (nSPS) is 11.1. The van der Waals surface area contributed by atoms with Crippen LogP contribution in [0.3, 0.4) is 0 Å². The third-order valence-corrected chi connectivity index (χ3v) is 2.01. The van der Waals surface area contributed by atoms with Gasteiger partial charge >= 0.3 is 5.97 Å². The average Bonchev–Trinajstić information content (AvgIpc) is 2.72. The molecule has 0 aliphatic rings. The Morgan fingerprint density at radius 3 is 3.07 bits per heavy atom. The number of hydrogen-bond donors (Lipinski definition) is 1. The fourth-order valence-electron chi connectivity index (χ4n) is 1.28. The number of carbonyl (C=O) groups excluding carboxylic acids is 1. The van der Waals surface area contributed by atoms with E-state index in [0.717, 1.165) is 5.52 Å². The van der Waals surface area contributed by atoms with E-state index < -0.39 is 0 Å². The van der Waals surface area contributed by atoms with E-state index in [2.05, 4.69) is 4.98 Å². The maximum Gasteiger partial charge on any atom is 0.354 e. The molecule has 0 bridgehead atoms. The topological polar surface area (TPSA) is 55.2 Å². The van der Waals surface area contributed by atoms with E-state index in [-0.39, 0.29) is 5.97 Å². The summed E-state index contributed by atoms with van der Waals surface area (Å²) in [6.07, 6.45) is 1.57. The van der Waals surface area contributed by atoms with Gasteiger partial charge in [-0.25, -0.2) is 4.79 Å². The van der Waals surface area contributed by atoms with Crippen molar-refractivity contribution in [3.05, 3.63) is 24.1 Å². The number of carbonyl (C=O) groups is 1. The van der Waals surface area contributed by atoms with E-state index in [4.69, 9.17) is 9.15 Å². The first-order valence-electron chi connectivity index (χ1n) is 4.90. The van der Waals surface area contributed by atoms with Crippen molar-refractivity contribution in [2.24, 2.45) is 5.92 Å². The van der Waals surface area contributed by atoms with Crippen molar-refractivity contribution in [1.29, 1.82) is 0 Å². The van der Waals surface area contributed by atoms with Crippen molar-refractivity contribution in [2.75, 3.05) is 6.61 Å². The molecule has 2 heterocycles. The summed E-state index contributed by atoms with van der Waals surface area (Å²) >= 11 is 0. The summed E-state index contributed by atoms with van der Waals surface area (Å²) < 4.78 is 10.2. The summed E-state index contributed by atoms with van der Waals surface area (Å²) in [6.45, 7) is 4.42. The lowest BCUT2D eigenvalue weighted by molar-refractivity contribution is 0.0453. The summed E-state index contributed by atoms with van der Waals surface area (Å²) in [5, 5.41) is 0. The van der Waals surface area contributed by atoms with E-state index in [0.29, 0.717) is 23.8 Å². The van der Waals surface area contributed by atoms with Crippen molar-refractivity contribution in [3.63, 3.8) is 0 Å². The van der Waals surface area contributed by atoms with Crippen molar-refractivity contribution in [1.82, 2.24) is 4.98 Å². The second-order valence-corrected chi connectivity index (χ2v) is 3.87. The largest absolute Gasteiger partial charge is 0.463 e. The maximum absolute atomic E-state index is 11.5. The Labute approximate surface area is 87.2 Å². The van der Waals surface area contributed by atoms with Crippen LogP contribution in [-0.4, -0.2) is 17.6 Å². The number of aromatic nitrogens is 1. The number of H-pyrrole nitrogens is 1. The zero-order valence-electron chi connectivity index (χ0n) is 8.74. The fourth-order valence-corrected chi connectivity index (χ4v) is 1.28. The molecule has 0 aliphatic carbocycles. The molecule has 2 aromatic heterocycles. The summed E-state index contributed by atoms with van der Waals surface area (Å²) in [7, 11) is 0. The standard InChI is InChI=1S/C11H13NO3/c1-7(2)6-15-11(13)9-5-10-8(12-9)3-4-14-10/h3-5,7,12H,6H2,1-2H3. The molecule has 0 spiro atoms. The van der Waals surface area contributed by atoms with Gasteiger partial charge in [-0.15, -0.1) is 0 Å². The lowest BCUT2D eigenvalue weighted by Gasteiger charge is -2.05. The molecule has 0 saturated carbocycles. The Morgan fingerprint density at radius 2 is 2.40 bits per heavy atom. The number of hydrogen-bond acceptors (Lipinski definition) is 3. The first kappa shape index (κ1) is 9.83. The Morgan fingerprint density at radius 1 is 1.60 bits per heavy atom. The van der Waals surface area contributed by atoms with Crippen LogP contribution >= 0.6 is 0 Å². The van der Waals surface area contributed by atoms with Crippen molar-refractivity contribution in [3.8, 4) is 0 Å².